The number of amides is 1. The van der Waals surface area contributed by atoms with E-state index in [9.17, 15) is 26.7 Å². The van der Waals surface area contributed by atoms with E-state index < -0.39 is 35.7 Å². The highest BCUT2D eigenvalue weighted by atomic mass is 35.5. The largest absolute Gasteiger partial charge is 0.471 e. The summed E-state index contributed by atoms with van der Waals surface area (Å²) in [4.78, 5) is 11.2. The Balaban J connectivity index is 0.00000264. The van der Waals surface area contributed by atoms with E-state index >= 15 is 0 Å². The van der Waals surface area contributed by atoms with Gasteiger partial charge in [-0.15, -0.1) is 12.4 Å². The van der Waals surface area contributed by atoms with E-state index in [4.69, 9.17) is 0 Å². The molecule has 0 spiro atoms. The first-order chi connectivity index (χ1) is 10.3. The van der Waals surface area contributed by atoms with E-state index in [2.05, 4.69) is 5.32 Å². The molecule has 2 atom stereocenters. The van der Waals surface area contributed by atoms with Crippen molar-refractivity contribution in [3.8, 4) is 0 Å². The third-order valence-electron chi connectivity index (χ3n) is 3.65. The molecule has 130 valence electrons. The molecule has 1 aliphatic rings. The zero-order valence-corrected chi connectivity index (χ0v) is 12.7. The van der Waals surface area contributed by atoms with Crippen molar-refractivity contribution in [2.24, 2.45) is 5.92 Å². The highest BCUT2D eigenvalue weighted by Gasteiger charge is 2.41. The Morgan fingerprint density at radius 1 is 1.30 bits per heavy atom. The third kappa shape index (κ3) is 5.04. The van der Waals surface area contributed by atoms with E-state index in [1.54, 1.807) is 0 Å². The van der Waals surface area contributed by atoms with Crippen molar-refractivity contribution in [1.29, 1.82) is 0 Å². The van der Waals surface area contributed by atoms with Crippen LogP contribution in [0.15, 0.2) is 18.2 Å². The second-order valence-corrected chi connectivity index (χ2v) is 5.22. The Hall–Kier alpha value is -1.41. The quantitative estimate of drug-likeness (QED) is 0.815. The number of rotatable bonds is 3. The van der Waals surface area contributed by atoms with E-state index in [1.807, 2.05) is 5.32 Å². The molecule has 1 saturated heterocycles. The molecule has 23 heavy (non-hydrogen) atoms. The predicted octanol–water partition coefficient (Wildman–Crippen LogP) is 3.11. The Labute approximate surface area is 136 Å². The number of carbonyl (C=O) groups excluding carboxylic acids is 1. The van der Waals surface area contributed by atoms with Crippen molar-refractivity contribution in [3.05, 3.63) is 35.4 Å². The zero-order valence-electron chi connectivity index (χ0n) is 11.9. The lowest BCUT2D eigenvalue weighted by Crippen LogP contribution is -2.45. The first kappa shape index (κ1) is 19.6. The first-order valence-corrected chi connectivity index (χ1v) is 6.82. The lowest BCUT2D eigenvalue weighted by molar-refractivity contribution is -0.174. The van der Waals surface area contributed by atoms with Crippen molar-refractivity contribution >= 4 is 18.3 Å². The summed E-state index contributed by atoms with van der Waals surface area (Å²) in [5.74, 6) is -4.34. The van der Waals surface area contributed by atoms with Gasteiger partial charge in [-0.05, 0) is 31.4 Å². The van der Waals surface area contributed by atoms with Crippen molar-refractivity contribution in [2.45, 2.75) is 25.1 Å². The Kier molecular flexibility index (Phi) is 6.76. The molecule has 1 aromatic carbocycles. The minimum Gasteiger partial charge on any atom is -0.341 e. The molecule has 0 aromatic heterocycles. The minimum absolute atomic E-state index is 0. The molecule has 1 aromatic rings. The van der Waals surface area contributed by atoms with Gasteiger partial charge in [0.15, 0.2) is 0 Å². The van der Waals surface area contributed by atoms with E-state index in [1.165, 1.54) is 0 Å². The summed E-state index contributed by atoms with van der Waals surface area (Å²) >= 11 is 0. The highest BCUT2D eigenvalue weighted by Crippen LogP contribution is 2.30. The van der Waals surface area contributed by atoms with Crippen LogP contribution in [0.25, 0.3) is 0 Å². The summed E-state index contributed by atoms with van der Waals surface area (Å²) in [6.07, 6.45) is -3.82. The van der Waals surface area contributed by atoms with Gasteiger partial charge < -0.3 is 10.6 Å². The summed E-state index contributed by atoms with van der Waals surface area (Å²) < 4.78 is 64.3. The lowest BCUT2D eigenvalue weighted by Gasteiger charge is -2.32. The average molecular weight is 359 g/mol. The number of benzene rings is 1. The van der Waals surface area contributed by atoms with Crippen LogP contribution in [0.4, 0.5) is 22.0 Å². The maximum absolute atomic E-state index is 13.9. The van der Waals surface area contributed by atoms with Gasteiger partial charge in [0.1, 0.15) is 11.6 Å². The first-order valence-electron chi connectivity index (χ1n) is 6.82. The lowest BCUT2D eigenvalue weighted by atomic mass is 9.87. The molecule has 2 N–H and O–H groups in total. The van der Waals surface area contributed by atoms with Gasteiger partial charge in [0, 0.05) is 18.2 Å². The van der Waals surface area contributed by atoms with Gasteiger partial charge in [-0.3, -0.25) is 4.79 Å². The van der Waals surface area contributed by atoms with Gasteiger partial charge in [-0.25, -0.2) is 8.78 Å². The fourth-order valence-corrected chi connectivity index (χ4v) is 2.59. The number of hydrogen-bond acceptors (Lipinski definition) is 2. The van der Waals surface area contributed by atoms with Crippen molar-refractivity contribution in [2.75, 3.05) is 13.1 Å². The molecule has 1 fully saturated rings. The Morgan fingerprint density at radius 2 is 2.00 bits per heavy atom. The number of piperidine rings is 1. The summed E-state index contributed by atoms with van der Waals surface area (Å²) in [5, 5.41) is 4.84. The van der Waals surface area contributed by atoms with Gasteiger partial charge in [-0.1, -0.05) is 6.07 Å². The fourth-order valence-electron chi connectivity index (χ4n) is 2.59. The van der Waals surface area contributed by atoms with Crippen LogP contribution in [0.2, 0.25) is 0 Å². The van der Waals surface area contributed by atoms with Crippen LogP contribution >= 0.6 is 12.4 Å². The number of carbonyl (C=O) groups is 1. The second-order valence-electron chi connectivity index (χ2n) is 5.22. The summed E-state index contributed by atoms with van der Waals surface area (Å²) in [6.45, 7) is 1.06. The summed E-state index contributed by atoms with van der Waals surface area (Å²) in [6, 6.07) is 1.46. The number of nitrogens with one attached hydrogen (secondary N) is 2. The average Bonchev–Trinajstić information content (AvgIpc) is 2.45. The molecule has 0 aliphatic carbocycles. The smallest absolute Gasteiger partial charge is 0.341 e. The van der Waals surface area contributed by atoms with Gasteiger partial charge in [0.2, 0.25) is 0 Å². The van der Waals surface area contributed by atoms with Crippen LogP contribution in [-0.4, -0.2) is 25.2 Å². The molecule has 0 bridgehead atoms. The van der Waals surface area contributed by atoms with Crippen LogP contribution in [0.1, 0.15) is 24.4 Å². The third-order valence-corrected chi connectivity index (χ3v) is 3.65. The van der Waals surface area contributed by atoms with E-state index in [0.717, 1.165) is 12.1 Å². The molecule has 9 heteroatoms. The maximum atomic E-state index is 13.9. The molecule has 2 rings (SSSR count). The van der Waals surface area contributed by atoms with Crippen molar-refractivity contribution in [3.63, 3.8) is 0 Å². The van der Waals surface area contributed by atoms with Crippen molar-refractivity contribution in [1.82, 2.24) is 10.6 Å². The SMILES string of the molecule is Cl.O=C(NC(c1ccc(F)cc1F)C1CCCNC1)C(F)(F)F. The van der Waals surface area contributed by atoms with Crippen molar-refractivity contribution < 1.29 is 26.7 Å². The normalized spacial score (nSPS) is 19.6. The van der Waals surface area contributed by atoms with Crippen LogP contribution in [0.5, 0.6) is 0 Å². The molecule has 2 unspecified atom stereocenters. The van der Waals surface area contributed by atoms with Gasteiger partial charge >= 0.3 is 12.1 Å². The Bertz CT molecular complexity index is 546. The number of alkyl halides is 3. The summed E-state index contributed by atoms with van der Waals surface area (Å²) in [5.41, 5.74) is -0.146. The second kappa shape index (κ2) is 7.92. The van der Waals surface area contributed by atoms with Gasteiger partial charge in [-0.2, -0.15) is 13.2 Å². The Morgan fingerprint density at radius 3 is 2.52 bits per heavy atom. The monoisotopic (exact) mass is 358 g/mol. The van der Waals surface area contributed by atoms with Gasteiger partial charge in [0.05, 0.1) is 6.04 Å². The molecule has 0 radical (unpaired) electrons. The fraction of sp³-hybridized carbons (Fsp3) is 0.500. The minimum atomic E-state index is -5.06. The zero-order chi connectivity index (χ0) is 16.3. The van der Waals surface area contributed by atoms with E-state index in [0.29, 0.717) is 32.0 Å². The number of hydrogen-bond donors (Lipinski definition) is 2. The van der Waals surface area contributed by atoms with Crippen LogP contribution in [-0.2, 0) is 4.79 Å². The molecule has 0 saturated carbocycles. The van der Waals surface area contributed by atoms with Crippen LogP contribution in [0.3, 0.4) is 0 Å². The molecule has 1 amide bonds. The maximum Gasteiger partial charge on any atom is 0.471 e. The summed E-state index contributed by atoms with van der Waals surface area (Å²) in [7, 11) is 0. The van der Waals surface area contributed by atoms with Crippen LogP contribution in [0, 0.1) is 17.6 Å². The predicted molar refractivity (Wildman–Crippen MR) is 76.1 cm³/mol. The van der Waals surface area contributed by atoms with E-state index in [-0.39, 0.29) is 18.0 Å². The molecule has 1 heterocycles. The van der Waals surface area contributed by atoms with Crippen LogP contribution < -0.4 is 10.6 Å². The highest BCUT2D eigenvalue weighted by molar-refractivity contribution is 5.85. The standard InChI is InChI=1S/C14H15F5N2O.ClH/c15-9-3-4-10(11(16)6-9)12(8-2-1-5-20-7-8)21-13(22)14(17,18)19;/h3-4,6,8,12,20H,1-2,5,7H2,(H,21,22);1H. The van der Waals surface area contributed by atoms with Gasteiger partial charge in [0.25, 0.3) is 0 Å². The molecular weight excluding hydrogens is 343 g/mol. The molecular formula is C14H16ClF5N2O. The molecule has 1 aliphatic heterocycles. The topological polar surface area (TPSA) is 41.1 Å². The number of halogens is 6. The molecule has 3 nitrogen and oxygen atoms in total.